The van der Waals surface area contributed by atoms with E-state index in [2.05, 4.69) is 58.1 Å². The van der Waals surface area contributed by atoms with E-state index in [1.165, 1.54) is 22.2 Å². The van der Waals surface area contributed by atoms with E-state index >= 15 is 0 Å². The summed E-state index contributed by atoms with van der Waals surface area (Å²) in [4.78, 5) is 20.3. The van der Waals surface area contributed by atoms with Gasteiger partial charge in [-0.25, -0.2) is 0 Å². The fourth-order valence-corrected chi connectivity index (χ4v) is 5.15. The molecule has 1 fully saturated rings. The van der Waals surface area contributed by atoms with Crippen LogP contribution in [0, 0.1) is 11.3 Å². The Hall–Kier alpha value is -2.37. The molecule has 5 rings (SSSR count). The average molecular weight is 391 g/mol. The van der Waals surface area contributed by atoms with Crippen molar-refractivity contribution in [2.75, 3.05) is 26.2 Å². The molecule has 1 amide bonds. The second-order valence-electron chi connectivity index (χ2n) is 9.16. The third kappa shape index (κ3) is 3.53. The number of hydrogen-bond donors (Lipinski definition) is 2. The van der Waals surface area contributed by atoms with Gasteiger partial charge in [0, 0.05) is 54.2 Å². The molecule has 1 aromatic heterocycles. The van der Waals surface area contributed by atoms with Crippen molar-refractivity contribution in [2.45, 2.75) is 32.4 Å². The molecule has 1 aliphatic carbocycles. The number of aromatic nitrogens is 1. The Morgan fingerprint density at radius 2 is 2.03 bits per heavy atom. The lowest BCUT2D eigenvalue weighted by Crippen LogP contribution is -2.55. The number of nitrogens with one attached hydrogen (secondary N) is 1. The normalized spacial score (nSPS) is 29.7. The van der Waals surface area contributed by atoms with Gasteiger partial charge in [0.2, 0.25) is 5.91 Å². The minimum atomic E-state index is -0.273. The average Bonchev–Trinajstić information content (AvgIpc) is 3.08. The van der Waals surface area contributed by atoms with Gasteiger partial charge in [-0.2, -0.15) is 0 Å². The van der Waals surface area contributed by atoms with Crippen LogP contribution >= 0.6 is 0 Å². The second kappa shape index (κ2) is 7.15. The molecule has 2 aromatic rings. The maximum absolute atomic E-state index is 11.4. The molecule has 1 saturated heterocycles. The zero-order valence-corrected chi connectivity index (χ0v) is 17.1. The molecule has 1 atom stereocenters. The van der Waals surface area contributed by atoms with E-state index in [4.69, 9.17) is 5.73 Å². The first kappa shape index (κ1) is 18.6. The molecule has 0 saturated carbocycles. The third-order valence-corrected chi connectivity index (χ3v) is 7.06. The van der Waals surface area contributed by atoms with Gasteiger partial charge in [0.1, 0.15) is 0 Å². The summed E-state index contributed by atoms with van der Waals surface area (Å²) in [6.07, 6.45) is 10.4. The Bertz CT molecular complexity index is 974. The van der Waals surface area contributed by atoms with Gasteiger partial charge in [-0.1, -0.05) is 49.4 Å². The van der Waals surface area contributed by atoms with Crippen molar-refractivity contribution in [3.8, 4) is 0 Å². The first-order valence-corrected chi connectivity index (χ1v) is 10.7. The number of nitrogens with zero attached hydrogens (tertiary/aromatic N) is 2. The maximum atomic E-state index is 11.4. The Morgan fingerprint density at radius 1 is 1.24 bits per heavy atom. The molecule has 3 N–H and O–H groups in total. The van der Waals surface area contributed by atoms with Crippen LogP contribution in [0.15, 0.2) is 48.6 Å². The number of rotatable bonds is 4. The van der Waals surface area contributed by atoms with E-state index in [0.29, 0.717) is 6.04 Å². The Kier molecular flexibility index (Phi) is 4.60. The van der Waals surface area contributed by atoms with Crippen LogP contribution in [0.2, 0.25) is 0 Å². The van der Waals surface area contributed by atoms with Gasteiger partial charge in [0.05, 0.1) is 5.92 Å². The highest BCUT2D eigenvalue weighted by atomic mass is 16.1. The zero-order chi connectivity index (χ0) is 20.0. The SMILES string of the molecule is CC1(CCN2CCN3Cc4[nH]c5ccccc5c4CC3C2)C=CC(C(N)=O)C=C1. The van der Waals surface area contributed by atoms with Crippen LogP contribution in [-0.2, 0) is 17.8 Å². The molecule has 3 aliphatic rings. The Morgan fingerprint density at radius 3 is 2.83 bits per heavy atom. The number of carbonyl (C=O) groups is 1. The summed E-state index contributed by atoms with van der Waals surface area (Å²) in [6, 6.07) is 9.29. The summed E-state index contributed by atoms with van der Waals surface area (Å²) >= 11 is 0. The Labute approximate surface area is 172 Å². The number of hydrogen-bond acceptors (Lipinski definition) is 3. The summed E-state index contributed by atoms with van der Waals surface area (Å²) in [6.45, 7) is 7.75. The number of para-hydroxylation sites is 1. The molecule has 2 aliphatic heterocycles. The van der Waals surface area contributed by atoms with Crippen molar-refractivity contribution in [1.82, 2.24) is 14.8 Å². The number of H-pyrrole nitrogens is 1. The van der Waals surface area contributed by atoms with Gasteiger partial charge in [-0.3, -0.25) is 9.69 Å². The van der Waals surface area contributed by atoms with E-state index in [1.54, 1.807) is 0 Å². The highest BCUT2D eigenvalue weighted by Crippen LogP contribution is 2.33. The predicted octanol–water partition coefficient (Wildman–Crippen LogP) is 2.83. The highest BCUT2D eigenvalue weighted by Gasteiger charge is 2.34. The third-order valence-electron chi connectivity index (χ3n) is 7.06. The van der Waals surface area contributed by atoms with Crippen LogP contribution in [0.25, 0.3) is 10.9 Å². The topological polar surface area (TPSA) is 65.4 Å². The molecule has 0 spiro atoms. The van der Waals surface area contributed by atoms with E-state index < -0.39 is 0 Å². The minimum absolute atomic E-state index is 0.0136. The van der Waals surface area contributed by atoms with Crippen LogP contribution < -0.4 is 5.73 Å². The predicted molar refractivity (Wildman–Crippen MR) is 116 cm³/mol. The molecule has 152 valence electrons. The molecule has 1 unspecified atom stereocenters. The molecule has 1 aromatic carbocycles. The maximum Gasteiger partial charge on any atom is 0.228 e. The number of primary amides is 1. The van der Waals surface area contributed by atoms with Crippen molar-refractivity contribution in [3.63, 3.8) is 0 Å². The fraction of sp³-hybridized carbons (Fsp3) is 0.458. The first-order chi connectivity index (χ1) is 14.0. The summed E-state index contributed by atoms with van der Waals surface area (Å²) in [5.41, 5.74) is 9.62. The molecular formula is C24H30N4O. The smallest absolute Gasteiger partial charge is 0.228 e. The summed E-state index contributed by atoms with van der Waals surface area (Å²) in [7, 11) is 0. The number of nitrogens with two attached hydrogens (primary N) is 1. The van der Waals surface area contributed by atoms with Crippen LogP contribution in [0.5, 0.6) is 0 Å². The van der Waals surface area contributed by atoms with Gasteiger partial charge in [0.25, 0.3) is 0 Å². The number of carbonyl (C=O) groups excluding carboxylic acids is 1. The van der Waals surface area contributed by atoms with Crippen molar-refractivity contribution in [1.29, 1.82) is 0 Å². The second-order valence-corrected chi connectivity index (χ2v) is 9.16. The highest BCUT2D eigenvalue weighted by molar-refractivity contribution is 5.85. The fourth-order valence-electron chi connectivity index (χ4n) is 5.15. The number of amides is 1. The van der Waals surface area contributed by atoms with Gasteiger partial charge in [-0.05, 0) is 31.0 Å². The number of piperazine rings is 1. The minimum Gasteiger partial charge on any atom is -0.369 e. The zero-order valence-electron chi connectivity index (χ0n) is 17.1. The van der Waals surface area contributed by atoms with E-state index in [0.717, 1.165) is 45.6 Å². The number of benzene rings is 1. The van der Waals surface area contributed by atoms with Crippen LogP contribution in [0.4, 0.5) is 0 Å². The van der Waals surface area contributed by atoms with Crippen LogP contribution in [0.1, 0.15) is 24.6 Å². The monoisotopic (exact) mass is 390 g/mol. The lowest BCUT2D eigenvalue weighted by atomic mass is 9.80. The molecule has 5 heteroatoms. The van der Waals surface area contributed by atoms with Gasteiger partial charge in [-0.15, -0.1) is 0 Å². The largest absolute Gasteiger partial charge is 0.369 e. The van der Waals surface area contributed by atoms with Crippen molar-refractivity contribution >= 4 is 16.8 Å². The molecule has 3 heterocycles. The van der Waals surface area contributed by atoms with Gasteiger partial charge >= 0.3 is 0 Å². The standard InChI is InChI=1S/C24H30N4O/c1-24(8-6-17(7-9-24)23(25)29)10-11-27-12-13-28-16-22-20(14-18(28)15-27)19-4-2-3-5-21(19)26-22/h2-9,17-18,26H,10-16H2,1H3,(H2,25,29). The number of aromatic amines is 1. The molecular weight excluding hydrogens is 360 g/mol. The quantitative estimate of drug-likeness (QED) is 0.789. The molecule has 29 heavy (non-hydrogen) atoms. The number of fused-ring (bicyclic) bond motifs is 4. The lowest BCUT2D eigenvalue weighted by Gasteiger charge is -2.44. The van der Waals surface area contributed by atoms with Crippen molar-refractivity contribution in [2.24, 2.45) is 17.1 Å². The first-order valence-electron chi connectivity index (χ1n) is 10.7. The molecule has 0 bridgehead atoms. The molecule has 0 radical (unpaired) electrons. The van der Waals surface area contributed by atoms with Gasteiger partial charge in [0.15, 0.2) is 0 Å². The van der Waals surface area contributed by atoms with Crippen LogP contribution in [-0.4, -0.2) is 52.9 Å². The summed E-state index contributed by atoms with van der Waals surface area (Å²) < 4.78 is 0. The van der Waals surface area contributed by atoms with E-state index in [1.807, 2.05) is 12.2 Å². The Balaban J connectivity index is 1.23. The van der Waals surface area contributed by atoms with Crippen molar-refractivity contribution < 1.29 is 4.79 Å². The number of allylic oxidation sites excluding steroid dienone is 2. The summed E-state index contributed by atoms with van der Waals surface area (Å²) in [5, 5.41) is 1.40. The van der Waals surface area contributed by atoms with Crippen LogP contribution in [0.3, 0.4) is 0 Å². The van der Waals surface area contributed by atoms with E-state index in [-0.39, 0.29) is 17.2 Å². The summed E-state index contributed by atoms with van der Waals surface area (Å²) in [5.74, 6) is -0.524. The lowest BCUT2D eigenvalue weighted by molar-refractivity contribution is -0.119. The van der Waals surface area contributed by atoms with Crippen molar-refractivity contribution in [3.05, 3.63) is 59.8 Å². The van der Waals surface area contributed by atoms with Gasteiger partial charge < -0.3 is 15.6 Å². The van der Waals surface area contributed by atoms with E-state index in [9.17, 15) is 4.79 Å². The molecule has 5 nitrogen and oxygen atoms in total.